The number of nitrogens with zero attached hydrogens (tertiary/aromatic N) is 4. The molecule has 0 atom stereocenters. The number of benzene rings is 2. The van der Waals surface area contributed by atoms with E-state index in [4.69, 9.17) is 4.74 Å². The SMILES string of the molecule is COc1ccc(-c2cc(C(=O)Nc3cnn(C)c3)ccc2-n2ccnc2)cc1. The number of anilines is 1. The number of rotatable bonds is 5. The summed E-state index contributed by atoms with van der Waals surface area (Å²) < 4.78 is 8.81. The van der Waals surface area contributed by atoms with Crippen LogP contribution in [0.4, 0.5) is 5.69 Å². The van der Waals surface area contributed by atoms with Gasteiger partial charge in [0.05, 0.1) is 31.0 Å². The first kappa shape index (κ1) is 17.5. The van der Waals surface area contributed by atoms with Crippen molar-refractivity contribution in [1.29, 1.82) is 0 Å². The molecule has 1 N–H and O–H groups in total. The van der Waals surface area contributed by atoms with Crippen LogP contribution in [-0.4, -0.2) is 32.3 Å². The Morgan fingerprint density at radius 3 is 2.61 bits per heavy atom. The summed E-state index contributed by atoms with van der Waals surface area (Å²) in [6.07, 6.45) is 8.70. The predicted molar refractivity (Wildman–Crippen MR) is 107 cm³/mol. The van der Waals surface area contributed by atoms with Gasteiger partial charge >= 0.3 is 0 Å². The maximum absolute atomic E-state index is 12.7. The van der Waals surface area contributed by atoms with Crippen molar-refractivity contribution in [3.63, 3.8) is 0 Å². The van der Waals surface area contributed by atoms with Gasteiger partial charge in [0.25, 0.3) is 5.91 Å². The highest BCUT2D eigenvalue weighted by Crippen LogP contribution is 2.29. The number of carbonyl (C=O) groups excluding carboxylic acids is 1. The monoisotopic (exact) mass is 373 g/mol. The van der Waals surface area contributed by atoms with Gasteiger partial charge in [-0.3, -0.25) is 9.48 Å². The second kappa shape index (κ2) is 7.40. The number of aryl methyl sites for hydroxylation is 1. The fourth-order valence-electron chi connectivity index (χ4n) is 2.99. The molecule has 0 saturated heterocycles. The zero-order chi connectivity index (χ0) is 19.5. The van der Waals surface area contributed by atoms with Gasteiger partial charge in [0.15, 0.2) is 0 Å². The van der Waals surface area contributed by atoms with Crippen LogP contribution < -0.4 is 10.1 Å². The van der Waals surface area contributed by atoms with E-state index in [1.807, 2.05) is 47.2 Å². The fraction of sp³-hybridized carbons (Fsp3) is 0.0952. The molecule has 0 spiro atoms. The summed E-state index contributed by atoms with van der Waals surface area (Å²) in [6, 6.07) is 13.3. The highest BCUT2D eigenvalue weighted by atomic mass is 16.5. The van der Waals surface area contributed by atoms with E-state index in [2.05, 4.69) is 15.4 Å². The molecule has 4 rings (SSSR count). The van der Waals surface area contributed by atoms with E-state index < -0.39 is 0 Å². The summed E-state index contributed by atoms with van der Waals surface area (Å²) in [6.45, 7) is 0. The van der Waals surface area contributed by atoms with Crippen LogP contribution in [0.5, 0.6) is 5.75 Å². The summed E-state index contributed by atoms with van der Waals surface area (Å²) >= 11 is 0. The van der Waals surface area contributed by atoms with Crippen molar-refractivity contribution in [3.05, 3.63) is 79.1 Å². The van der Waals surface area contributed by atoms with Crippen molar-refractivity contribution in [2.75, 3.05) is 12.4 Å². The first-order valence-corrected chi connectivity index (χ1v) is 8.71. The van der Waals surface area contributed by atoms with Gasteiger partial charge in [-0.1, -0.05) is 12.1 Å². The van der Waals surface area contributed by atoms with Crippen molar-refractivity contribution in [3.8, 4) is 22.6 Å². The largest absolute Gasteiger partial charge is 0.497 e. The van der Waals surface area contributed by atoms with E-state index in [9.17, 15) is 4.79 Å². The molecule has 7 heteroatoms. The average Bonchev–Trinajstić information content (AvgIpc) is 3.39. The van der Waals surface area contributed by atoms with Gasteiger partial charge in [-0.25, -0.2) is 4.98 Å². The minimum Gasteiger partial charge on any atom is -0.497 e. The zero-order valence-electron chi connectivity index (χ0n) is 15.5. The van der Waals surface area contributed by atoms with Crippen molar-refractivity contribution < 1.29 is 9.53 Å². The van der Waals surface area contributed by atoms with Crippen LogP contribution in [0.15, 0.2) is 73.6 Å². The molecule has 28 heavy (non-hydrogen) atoms. The van der Waals surface area contributed by atoms with Crippen molar-refractivity contribution in [1.82, 2.24) is 19.3 Å². The minimum absolute atomic E-state index is 0.194. The number of hydrogen-bond acceptors (Lipinski definition) is 4. The van der Waals surface area contributed by atoms with Crippen LogP contribution in [-0.2, 0) is 7.05 Å². The standard InChI is InChI=1S/C21H19N5O2/c1-25-13-17(12-23-25)24-21(27)16-5-8-20(26-10-9-22-14-26)19(11-16)15-3-6-18(28-2)7-4-15/h3-14H,1-2H3,(H,24,27). The van der Waals surface area contributed by atoms with Gasteiger partial charge in [0.1, 0.15) is 5.75 Å². The molecular weight excluding hydrogens is 354 g/mol. The van der Waals surface area contributed by atoms with E-state index in [1.165, 1.54) is 0 Å². The zero-order valence-corrected chi connectivity index (χ0v) is 15.5. The van der Waals surface area contributed by atoms with Gasteiger partial charge in [0, 0.05) is 36.8 Å². The minimum atomic E-state index is -0.194. The molecule has 140 valence electrons. The Morgan fingerprint density at radius 1 is 1.14 bits per heavy atom. The molecule has 2 aromatic carbocycles. The molecule has 0 unspecified atom stereocenters. The Hall–Kier alpha value is -3.87. The lowest BCUT2D eigenvalue weighted by Crippen LogP contribution is -2.12. The Bertz CT molecular complexity index is 1100. The fourth-order valence-corrected chi connectivity index (χ4v) is 2.99. The normalized spacial score (nSPS) is 10.6. The molecule has 0 aliphatic carbocycles. The van der Waals surface area contributed by atoms with E-state index in [0.29, 0.717) is 11.3 Å². The Balaban J connectivity index is 1.74. The number of hydrogen-bond donors (Lipinski definition) is 1. The highest BCUT2D eigenvalue weighted by Gasteiger charge is 2.13. The third kappa shape index (κ3) is 3.50. The quantitative estimate of drug-likeness (QED) is 0.581. The number of imidazole rings is 1. The summed E-state index contributed by atoms with van der Waals surface area (Å²) in [5.74, 6) is 0.582. The number of ether oxygens (including phenoxy) is 1. The lowest BCUT2D eigenvalue weighted by Gasteiger charge is -2.13. The lowest BCUT2D eigenvalue weighted by atomic mass is 10.00. The van der Waals surface area contributed by atoms with Gasteiger partial charge < -0.3 is 14.6 Å². The van der Waals surface area contributed by atoms with Crippen molar-refractivity contribution in [2.24, 2.45) is 7.05 Å². The molecular formula is C21H19N5O2. The summed E-state index contributed by atoms with van der Waals surface area (Å²) in [4.78, 5) is 16.8. The molecule has 0 radical (unpaired) electrons. The van der Waals surface area contributed by atoms with E-state index >= 15 is 0 Å². The summed E-state index contributed by atoms with van der Waals surface area (Å²) in [7, 11) is 3.44. The molecule has 0 aliphatic heterocycles. The van der Waals surface area contributed by atoms with Gasteiger partial charge in [-0.05, 0) is 35.9 Å². The molecule has 0 aliphatic rings. The predicted octanol–water partition coefficient (Wildman–Crippen LogP) is 3.53. The number of nitrogens with one attached hydrogen (secondary N) is 1. The summed E-state index contributed by atoms with van der Waals surface area (Å²) in [5.41, 5.74) is 4.02. The Labute approximate surface area is 162 Å². The van der Waals surface area contributed by atoms with E-state index in [-0.39, 0.29) is 5.91 Å². The first-order chi connectivity index (χ1) is 13.6. The maximum atomic E-state index is 12.7. The highest BCUT2D eigenvalue weighted by molar-refractivity contribution is 6.05. The van der Waals surface area contributed by atoms with Gasteiger partial charge in [0.2, 0.25) is 0 Å². The average molecular weight is 373 g/mol. The number of methoxy groups -OCH3 is 1. The van der Waals surface area contributed by atoms with Crippen LogP contribution in [0, 0.1) is 0 Å². The molecule has 0 fully saturated rings. The maximum Gasteiger partial charge on any atom is 0.255 e. The third-order valence-corrected chi connectivity index (χ3v) is 4.41. The summed E-state index contributed by atoms with van der Waals surface area (Å²) in [5, 5.41) is 6.94. The third-order valence-electron chi connectivity index (χ3n) is 4.41. The molecule has 7 nitrogen and oxygen atoms in total. The molecule has 0 bridgehead atoms. The molecule has 2 heterocycles. The molecule has 0 saturated carbocycles. The lowest BCUT2D eigenvalue weighted by molar-refractivity contribution is 0.102. The van der Waals surface area contributed by atoms with Crippen LogP contribution in [0.3, 0.4) is 0 Å². The van der Waals surface area contributed by atoms with Crippen molar-refractivity contribution >= 4 is 11.6 Å². The van der Waals surface area contributed by atoms with Gasteiger partial charge in [-0.2, -0.15) is 5.10 Å². The van der Waals surface area contributed by atoms with E-state index in [1.54, 1.807) is 49.8 Å². The second-order valence-corrected chi connectivity index (χ2v) is 6.29. The molecule has 1 amide bonds. The first-order valence-electron chi connectivity index (χ1n) is 8.71. The van der Waals surface area contributed by atoms with E-state index in [0.717, 1.165) is 22.6 Å². The molecule has 4 aromatic rings. The smallest absolute Gasteiger partial charge is 0.255 e. The van der Waals surface area contributed by atoms with Crippen LogP contribution in [0.1, 0.15) is 10.4 Å². The topological polar surface area (TPSA) is 74.0 Å². The molecule has 2 aromatic heterocycles. The number of amides is 1. The second-order valence-electron chi connectivity index (χ2n) is 6.29. The van der Waals surface area contributed by atoms with Crippen molar-refractivity contribution in [2.45, 2.75) is 0 Å². The Kier molecular flexibility index (Phi) is 4.63. The van der Waals surface area contributed by atoms with Gasteiger partial charge in [-0.15, -0.1) is 0 Å². The number of aromatic nitrogens is 4. The number of carbonyl (C=O) groups is 1. The van der Waals surface area contributed by atoms with Crippen LogP contribution in [0.2, 0.25) is 0 Å². The Morgan fingerprint density at radius 2 is 1.96 bits per heavy atom. The van der Waals surface area contributed by atoms with Crippen LogP contribution in [0.25, 0.3) is 16.8 Å². The van der Waals surface area contributed by atoms with Crippen LogP contribution >= 0.6 is 0 Å².